The second kappa shape index (κ2) is 5.72. The molecule has 0 saturated heterocycles. The van der Waals surface area contributed by atoms with Crippen molar-refractivity contribution in [3.05, 3.63) is 63.3 Å². The van der Waals surface area contributed by atoms with E-state index < -0.39 is 0 Å². The third kappa shape index (κ3) is 3.03. The summed E-state index contributed by atoms with van der Waals surface area (Å²) in [6, 6.07) is 12.5. The maximum atomic E-state index is 13.6. The van der Waals surface area contributed by atoms with Gasteiger partial charge in [-0.15, -0.1) is 0 Å². The number of para-hydroxylation sites is 1. The lowest BCUT2D eigenvalue weighted by Crippen LogP contribution is -2.08. The summed E-state index contributed by atoms with van der Waals surface area (Å²) in [4.78, 5) is 0. The molecule has 0 amide bonds. The quantitative estimate of drug-likeness (QED) is 0.794. The van der Waals surface area contributed by atoms with Crippen LogP contribution in [0.25, 0.3) is 0 Å². The second-order valence-electron chi connectivity index (χ2n) is 4.01. The van der Waals surface area contributed by atoms with E-state index in [-0.39, 0.29) is 11.9 Å². The number of hydrogen-bond donors (Lipinski definition) is 1. The number of hydrogen-bond acceptors (Lipinski definition) is 1. The standard InChI is InChI=1S/C14H12BrClFN/c1-9(10-5-7-11(15)8-6-10)18-14-12(16)3-2-4-13(14)17/h2-9,18H,1H3. The van der Waals surface area contributed by atoms with E-state index in [2.05, 4.69) is 21.2 Å². The molecule has 2 aromatic rings. The predicted molar refractivity (Wildman–Crippen MR) is 77.6 cm³/mol. The van der Waals surface area contributed by atoms with Gasteiger partial charge in [0.25, 0.3) is 0 Å². The van der Waals surface area contributed by atoms with E-state index in [1.54, 1.807) is 12.1 Å². The Hall–Kier alpha value is -1.06. The van der Waals surface area contributed by atoms with Gasteiger partial charge in [0.1, 0.15) is 5.82 Å². The summed E-state index contributed by atoms with van der Waals surface area (Å²) >= 11 is 9.36. The molecule has 0 bridgehead atoms. The Balaban J connectivity index is 2.21. The van der Waals surface area contributed by atoms with Gasteiger partial charge in [0, 0.05) is 10.5 Å². The zero-order chi connectivity index (χ0) is 13.1. The van der Waals surface area contributed by atoms with Gasteiger partial charge in [0.15, 0.2) is 0 Å². The average molecular weight is 329 g/mol. The van der Waals surface area contributed by atoms with Crippen LogP contribution in [0.1, 0.15) is 18.5 Å². The minimum atomic E-state index is -0.341. The first-order valence-corrected chi connectivity index (χ1v) is 6.71. The Bertz CT molecular complexity index is 522. The number of rotatable bonds is 3. The summed E-state index contributed by atoms with van der Waals surface area (Å²) in [6.45, 7) is 1.96. The molecule has 0 aromatic heterocycles. The maximum absolute atomic E-state index is 13.6. The molecule has 0 fully saturated rings. The predicted octanol–water partition coefficient (Wildman–Crippen LogP) is 5.41. The lowest BCUT2D eigenvalue weighted by Gasteiger charge is -2.17. The van der Waals surface area contributed by atoms with Gasteiger partial charge in [0.2, 0.25) is 0 Å². The van der Waals surface area contributed by atoms with Crippen LogP contribution in [0.5, 0.6) is 0 Å². The minimum Gasteiger partial charge on any atom is -0.375 e. The van der Waals surface area contributed by atoms with Gasteiger partial charge in [-0.2, -0.15) is 0 Å². The van der Waals surface area contributed by atoms with E-state index in [1.165, 1.54) is 6.07 Å². The van der Waals surface area contributed by atoms with Crippen molar-refractivity contribution in [2.24, 2.45) is 0 Å². The van der Waals surface area contributed by atoms with Gasteiger partial charge >= 0.3 is 0 Å². The van der Waals surface area contributed by atoms with Gasteiger partial charge in [-0.3, -0.25) is 0 Å². The molecule has 0 aliphatic rings. The van der Waals surface area contributed by atoms with Crippen molar-refractivity contribution >= 4 is 33.2 Å². The van der Waals surface area contributed by atoms with Gasteiger partial charge in [-0.25, -0.2) is 4.39 Å². The first kappa shape index (κ1) is 13.4. The molecular weight excluding hydrogens is 317 g/mol. The molecule has 0 heterocycles. The molecule has 0 aliphatic carbocycles. The van der Waals surface area contributed by atoms with Crippen LogP contribution in [0.15, 0.2) is 46.9 Å². The summed E-state index contributed by atoms with van der Waals surface area (Å²) in [5.74, 6) is -0.341. The van der Waals surface area contributed by atoms with Crippen LogP contribution in [0.3, 0.4) is 0 Å². The number of halogens is 3. The third-order valence-electron chi connectivity index (χ3n) is 2.69. The lowest BCUT2D eigenvalue weighted by molar-refractivity contribution is 0.627. The Labute approximate surface area is 119 Å². The molecular formula is C14H12BrClFN. The van der Waals surface area contributed by atoms with E-state index in [0.29, 0.717) is 10.7 Å². The van der Waals surface area contributed by atoms with Crippen molar-refractivity contribution in [1.29, 1.82) is 0 Å². The van der Waals surface area contributed by atoms with Crippen LogP contribution in [0.4, 0.5) is 10.1 Å². The number of anilines is 1. The molecule has 1 nitrogen and oxygen atoms in total. The molecule has 94 valence electrons. The second-order valence-corrected chi connectivity index (χ2v) is 5.34. The fraction of sp³-hybridized carbons (Fsp3) is 0.143. The number of benzene rings is 2. The van der Waals surface area contributed by atoms with Gasteiger partial charge in [-0.1, -0.05) is 45.7 Å². The highest BCUT2D eigenvalue weighted by molar-refractivity contribution is 9.10. The molecule has 0 saturated carbocycles. The van der Waals surface area contributed by atoms with Gasteiger partial charge in [0.05, 0.1) is 10.7 Å². The molecule has 2 aromatic carbocycles. The summed E-state index contributed by atoms with van der Waals surface area (Å²) < 4.78 is 14.7. The van der Waals surface area contributed by atoms with E-state index in [4.69, 9.17) is 11.6 Å². The summed E-state index contributed by atoms with van der Waals surface area (Å²) in [7, 11) is 0. The average Bonchev–Trinajstić information content (AvgIpc) is 2.34. The van der Waals surface area contributed by atoms with Gasteiger partial charge in [-0.05, 0) is 36.8 Å². The molecule has 4 heteroatoms. The Morgan fingerprint density at radius 3 is 2.44 bits per heavy atom. The largest absolute Gasteiger partial charge is 0.375 e. The van der Waals surface area contributed by atoms with Crippen LogP contribution < -0.4 is 5.32 Å². The van der Waals surface area contributed by atoms with E-state index >= 15 is 0 Å². The summed E-state index contributed by atoms with van der Waals surface area (Å²) in [5.41, 5.74) is 1.41. The molecule has 0 aliphatic heterocycles. The molecule has 1 unspecified atom stereocenters. The number of nitrogens with one attached hydrogen (secondary N) is 1. The molecule has 0 radical (unpaired) electrons. The van der Waals surface area contributed by atoms with E-state index in [9.17, 15) is 4.39 Å². The molecule has 1 atom stereocenters. The Kier molecular flexibility index (Phi) is 4.25. The minimum absolute atomic E-state index is 0.0208. The van der Waals surface area contributed by atoms with Crippen molar-refractivity contribution in [3.63, 3.8) is 0 Å². The fourth-order valence-corrected chi connectivity index (χ4v) is 2.17. The highest BCUT2D eigenvalue weighted by Gasteiger charge is 2.11. The fourth-order valence-electron chi connectivity index (χ4n) is 1.69. The van der Waals surface area contributed by atoms with Crippen LogP contribution in [0, 0.1) is 5.82 Å². The first-order valence-electron chi connectivity index (χ1n) is 5.54. The van der Waals surface area contributed by atoms with Crippen LogP contribution in [-0.2, 0) is 0 Å². The third-order valence-corrected chi connectivity index (χ3v) is 3.54. The van der Waals surface area contributed by atoms with Crippen LogP contribution in [0.2, 0.25) is 5.02 Å². The van der Waals surface area contributed by atoms with Crippen molar-refractivity contribution in [2.75, 3.05) is 5.32 Å². The molecule has 1 N–H and O–H groups in total. The van der Waals surface area contributed by atoms with Crippen molar-refractivity contribution in [3.8, 4) is 0 Å². The smallest absolute Gasteiger partial charge is 0.147 e. The van der Waals surface area contributed by atoms with Crippen molar-refractivity contribution in [2.45, 2.75) is 13.0 Å². The first-order chi connectivity index (χ1) is 8.58. The maximum Gasteiger partial charge on any atom is 0.147 e. The van der Waals surface area contributed by atoms with E-state index in [0.717, 1.165) is 10.0 Å². The van der Waals surface area contributed by atoms with Crippen LogP contribution in [-0.4, -0.2) is 0 Å². The molecule has 2 rings (SSSR count). The van der Waals surface area contributed by atoms with Crippen molar-refractivity contribution < 1.29 is 4.39 Å². The summed E-state index contributed by atoms with van der Waals surface area (Å²) in [5, 5.41) is 3.48. The van der Waals surface area contributed by atoms with Crippen LogP contribution >= 0.6 is 27.5 Å². The normalized spacial score (nSPS) is 12.2. The zero-order valence-corrected chi connectivity index (χ0v) is 12.1. The molecule has 0 spiro atoms. The monoisotopic (exact) mass is 327 g/mol. The Morgan fingerprint density at radius 1 is 1.17 bits per heavy atom. The van der Waals surface area contributed by atoms with Crippen molar-refractivity contribution in [1.82, 2.24) is 0 Å². The van der Waals surface area contributed by atoms with Gasteiger partial charge < -0.3 is 5.32 Å². The topological polar surface area (TPSA) is 12.0 Å². The highest BCUT2D eigenvalue weighted by atomic mass is 79.9. The SMILES string of the molecule is CC(Nc1c(F)cccc1Cl)c1ccc(Br)cc1. The summed E-state index contributed by atoms with van der Waals surface area (Å²) in [6.07, 6.45) is 0. The Morgan fingerprint density at radius 2 is 1.83 bits per heavy atom. The highest BCUT2D eigenvalue weighted by Crippen LogP contribution is 2.29. The molecule has 18 heavy (non-hydrogen) atoms. The van der Waals surface area contributed by atoms with E-state index in [1.807, 2.05) is 31.2 Å². The zero-order valence-electron chi connectivity index (χ0n) is 9.75. The lowest BCUT2D eigenvalue weighted by atomic mass is 10.1.